The van der Waals surface area contributed by atoms with E-state index < -0.39 is 0 Å². The zero-order valence-corrected chi connectivity index (χ0v) is 16.6. The van der Waals surface area contributed by atoms with E-state index in [0.29, 0.717) is 27.1 Å². The largest absolute Gasteiger partial charge is 0.326 e. The minimum Gasteiger partial charge on any atom is -0.326 e. The van der Waals surface area contributed by atoms with Crippen LogP contribution in [0.4, 0.5) is 10.8 Å². The number of aromatic nitrogens is 3. The Kier molecular flexibility index (Phi) is 5.90. The van der Waals surface area contributed by atoms with Crippen LogP contribution in [-0.2, 0) is 4.79 Å². The quantitative estimate of drug-likeness (QED) is 0.654. The van der Waals surface area contributed by atoms with Crippen molar-refractivity contribution in [3.63, 3.8) is 0 Å². The van der Waals surface area contributed by atoms with Gasteiger partial charge in [-0.2, -0.15) is 0 Å². The van der Waals surface area contributed by atoms with Gasteiger partial charge in [0.25, 0.3) is 5.91 Å². The first-order valence-corrected chi connectivity index (χ1v) is 10.5. The second kappa shape index (κ2) is 8.91. The number of benzene rings is 1. The molecule has 2 amide bonds. The number of rotatable bonds is 5. The number of nitrogens with one attached hydrogen (secondary N) is 2. The van der Waals surface area contributed by atoms with Crippen molar-refractivity contribution < 1.29 is 9.59 Å². The van der Waals surface area contributed by atoms with Gasteiger partial charge in [0.15, 0.2) is 5.01 Å². The summed E-state index contributed by atoms with van der Waals surface area (Å²) in [6, 6.07) is 12.5. The van der Waals surface area contributed by atoms with Crippen molar-refractivity contribution in [1.82, 2.24) is 15.2 Å². The first-order chi connectivity index (χ1) is 14.2. The summed E-state index contributed by atoms with van der Waals surface area (Å²) in [5.41, 5.74) is 1.78. The predicted molar refractivity (Wildman–Crippen MR) is 113 cm³/mol. The minimum absolute atomic E-state index is 0.0337. The van der Waals surface area contributed by atoms with Crippen LogP contribution in [0.3, 0.4) is 0 Å². The summed E-state index contributed by atoms with van der Waals surface area (Å²) < 4.78 is 0. The number of carbonyl (C=O) groups is 2. The van der Waals surface area contributed by atoms with Crippen molar-refractivity contribution in [1.29, 1.82) is 0 Å². The van der Waals surface area contributed by atoms with Gasteiger partial charge in [0, 0.05) is 23.4 Å². The zero-order valence-electron chi connectivity index (χ0n) is 15.8. The molecule has 3 aromatic rings. The zero-order chi connectivity index (χ0) is 20.1. The Morgan fingerprint density at radius 3 is 2.62 bits per heavy atom. The van der Waals surface area contributed by atoms with Gasteiger partial charge in [0.05, 0.1) is 0 Å². The molecular weight excluding hydrogens is 386 g/mol. The molecule has 1 aliphatic carbocycles. The first-order valence-electron chi connectivity index (χ1n) is 9.66. The van der Waals surface area contributed by atoms with E-state index in [4.69, 9.17) is 0 Å². The Morgan fingerprint density at radius 1 is 0.966 bits per heavy atom. The number of hydrogen-bond donors (Lipinski definition) is 2. The Bertz CT molecular complexity index is 999. The molecule has 7 nitrogen and oxygen atoms in total. The molecule has 4 rings (SSSR count). The molecule has 2 heterocycles. The van der Waals surface area contributed by atoms with Crippen molar-refractivity contribution in [3.8, 4) is 10.7 Å². The topological polar surface area (TPSA) is 96.9 Å². The van der Waals surface area contributed by atoms with E-state index in [1.165, 1.54) is 17.8 Å². The highest BCUT2D eigenvalue weighted by Crippen LogP contribution is 2.26. The monoisotopic (exact) mass is 407 g/mol. The molecule has 29 heavy (non-hydrogen) atoms. The summed E-state index contributed by atoms with van der Waals surface area (Å²) in [5, 5.41) is 14.8. The number of nitrogens with zero attached hydrogens (tertiary/aromatic N) is 3. The molecule has 0 radical (unpaired) electrons. The lowest BCUT2D eigenvalue weighted by molar-refractivity contribution is -0.120. The van der Waals surface area contributed by atoms with E-state index in [-0.39, 0.29) is 17.7 Å². The van der Waals surface area contributed by atoms with E-state index in [0.717, 1.165) is 25.7 Å². The molecule has 1 aromatic carbocycles. The van der Waals surface area contributed by atoms with Crippen LogP contribution in [-0.4, -0.2) is 27.0 Å². The molecule has 2 aromatic heterocycles. The van der Waals surface area contributed by atoms with Gasteiger partial charge >= 0.3 is 0 Å². The van der Waals surface area contributed by atoms with E-state index in [1.807, 2.05) is 18.2 Å². The Hall–Kier alpha value is -3.13. The third-order valence-corrected chi connectivity index (χ3v) is 5.76. The molecule has 0 bridgehead atoms. The number of hydrogen-bond acceptors (Lipinski definition) is 6. The summed E-state index contributed by atoms with van der Waals surface area (Å²) in [6.07, 6.45) is 6.95. The number of amides is 2. The first kappa shape index (κ1) is 19.2. The SMILES string of the molecule is O=C(Nc1nnc(-c2ccccn2)s1)c1cccc(NC(=O)C2CCCCC2)c1. The molecule has 1 saturated carbocycles. The van der Waals surface area contributed by atoms with Crippen molar-refractivity contribution in [2.24, 2.45) is 5.92 Å². The fourth-order valence-electron chi connectivity index (χ4n) is 3.38. The average Bonchev–Trinajstić information content (AvgIpc) is 3.23. The van der Waals surface area contributed by atoms with Crippen molar-refractivity contribution in [2.75, 3.05) is 10.6 Å². The van der Waals surface area contributed by atoms with Gasteiger partial charge < -0.3 is 5.32 Å². The van der Waals surface area contributed by atoms with Crippen LogP contribution in [0, 0.1) is 5.92 Å². The van der Waals surface area contributed by atoms with E-state index in [9.17, 15) is 9.59 Å². The maximum Gasteiger partial charge on any atom is 0.257 e. The van der Waals surface area contributed by atoms with Gasteiger partial charge in [-0.1, -0.05) is 42.7 Å². The van der Waals surface area contributed by atoms with Gasteiger partial charge in [-0.05, 0) is 43.2 Å². The van der Waals surface area contributed by atoms with Crippen molar-refractivity contribution in [2.45, 2.75) is 32.1 Å². The summed E-state index contributed by atoms with van der Waals surface area (Å²) in [7, 11) is 0. The number of anilines is 2. The average molecular weight is 407 g/mol. The fraction of sp³-hybridized carbons (Fsp3) is 0.286. The third-order valence-electron chi connectivity index (χ3n) is 4.90. The molecule has 0 unspecified atom stereocenters. The van der Waals surface area contributed by atoms with Crippen LogP contribution >= 0.6 is 11.3 Å². The standard InChI is InChI=1S/C21H21N5O2S/c27-18(14-7-2-1-3-8-14)23-16-10-6-9-15(13-16)19(28)24-21-26-25-20(29-21)17-11-4-5-12-22-17/h4-6,9-14H,1-3,7-8H2,(H,23,27)(H,24,26,28). The molecular formula is C21H21N5O2S. The molecule has 148 valence electrons. The molecule has 0 atom stereocenters. The Balaban J connectivity index is 1.41. The van der Waals surface area contributed by atoms with Crippen LogP contribution in [0.2, 0.25) is 0 Å². The summed E-state index contributed by atoms with van der Waals surface area (Å²) in [4.78, 5) is 29.3. The number of carbonyl (C=O) groups excluding carboxylic acids is 2. The Labute approximate surface area is 172 Å². The molecule has 2 N–H and O–H groups in total. The van der Waals surface area contributed by atoms with E-state index in [2.05, 4.69) is 25.8 Å². The molecule has 0 saturated heterocycles. The van der Waals surface area contributed by atoms with Crippen molar-refractivity contribution in [3.05, 3.63) is 54.2 Å². The van der Waals surface area contributed by atoms with Crippen LogP contribution in [0.5, 0.6) is 0 Å². The van der Waals surface area contributed by atoms with E-state index in [1.54, 1.807) is 30.5 Å². The fourth-order valence-corrected chi connectivity index (χ4v) is 4.10. The van der Waals surface area contributed by atoms with Gasteiger partial charge in [-0.25, -0.2) is 0 Å². The summed E-state index contributed by atoms with van der Waals surface area (Å²) in [6.45, 7) is 0. The van der Waals surface area contributed by atoms with Gasteiger partial charge in [-0.3, -0.25) is 19.9 Å². The molecule has 1 fully saturated rings. The predicted octanol–water partition coefficient (Wildman–Crippen LogP) is 4.37. The van der Waals surface area contributed by atoms with Gasteiger partial charge in [-0.15, -0.1) is 10.2 Å². The van der Waals surface area contributed by atoms with Crippen LogP contribution in [0.15, 0.2) is 48.7 Å². The second-order valence-corrected chi connectivity index (χ2v) is 7.96. The maximum absolute atomic E-state index is 12.6. The van der Waals surface area contributed by atoms with Gasteiger partial charge in [0.1, 0.15) is 5.69 Å². The summed E-state index contributed by atoms with van der Waals surface area (Å²) >= 11 is 1.26. The molecule has 8 heteroatoms. The molecule has 0 aliphatic heterocycles. The Morgan fingerprint density at radius 2 is 1.83 bits per heavy atom. The number of pyridine rings is 1. The molecule has 0 spiro atoms. The van der Waals surface area contributed by atoms with Gasteiger partial charge in [0.2, 0.25) is 11.0 Å². The summed E-state index contributed by atoms with van der Waals surface area (Å²) in [5.74, 6) is -0.207. The highest BCUT2D eigenvalue weighted by molar-refractivity contribution is 7.18. The maximum atomic E-state index is 12.6. The van der Waals surface area contributed by atoms with Crippen LogP contribution < -0.4 is 10.6 Å². The minimum atomic E-state index is -0.303. The van der Waals surface area contributed by atoms with Crippen LogP contribution in [0.1, 0.15) is 42.5 Å². The second-order valence-electron chi connectivity index (χ2n) is 6.99. The van der Waals surface area contributed by atoms with Crippen molar-refractivity contribution >= 4 is 34.0 Å². The third kappa shape index (κ3) is 4.83. The lowest BCUT2D eigenvalue weighted by atomic mass is 9.88. The molecule has 1 aliphatic rings. The lowest BCUT2D eigenvalue weighted by Crippen LogP contribution is -2.24. The lowest BCUT2D eigenvalue weighted by Gasteiger charge is -2.20. The smallest absolute Gasteiger partial charge is 0.257 e. The van der Waals surface area contributed by atoms with E-state index >= 15 is 0 Å². The highest BCUT2D eigenvalue weighted by Gasteiger charge is 2.21. The van der Waals surface area contributed by atoms with Crippen LogP contribution in [0.25, 0.3) is 10.7 Å². The normalized spacial score (nSPS) is 14.3. The highest BCUT2D eigenvalue weighted by atomic mass is 32.1.